The molecule has 136 valence electrons. The summed E-state index contributed by atoms with van der Waals surface area (Å²) in [6.07, 6.45) is 2.67. The molecular formula is C18H22N6O2. The third-order valence-corrected chi connectivity index (χ3v) is 4.46. The van der Waals surface area contributed by atoms with E-state index < -0.39 is 11.9 Å². The third-order valence-electron chi connectivity index (χ3n) is 4.46. The van der Waals surface area contributed by atoms with Gasteiger partial charge in [-0.3, -0.25) is 9.78 Å². The summed E-state index contributed by atoms with van der Waals surface area (Å²) in [6, 6.07) is 7.72. The van der Waals surface area contributed by atoms with Crippen LogP contribution in [0.1, 0.15) is 37.6 Å². The Labute approximate surface area is 150 Å². The summed E-state index contributed by atoms with van der Waals surface area (Å²) >= 11 is 0. The number of aliphatic carboxylic acids is 1. The van der Waals surface area contributed by atoms with Gasteiger partial charge in [-0.15, -0.1) is 5.10 Å². The number of aromatic amines is 1. The van der Waals surface area contributed by atoms with Gasteiger partial charge in [-0.1, -0.05) is 19.9 Å². The van der Waals surface area contributed by atoms with Gasteiger partial charge in [-0.2, -0.15) is 0 Å². The molecule has 0 radical (unpaired) electrons. The number of nitrogen functional groups attached to an aromatic ring is 1. The van der Waals surface area contributed by atoms with Crippen molar-refractivity contribution in [3.05, 3.63) is 41.9 Å². The van der Waals surface area contributed by atoms with Crippen LogP contribution in [-0.2, 0) is 11.2 Å². The van der Waals surface area contributed by atoms with Gasteiger partial charge >= 0.3 is 5.97 Å². The molecule has 2 heterocycles. The van der Waals surface area contributed by atoms with Crippen molar-refractivity contribution in [1.29, 1.82) is 0 Å². The van der Waals surface area contributed by atoms with Crippen LogP contribution in [0.25, 0.3) is 10.9 Å². The summed E-state index contributed by atoms with van der Waals surface area (Å²) in [5.74, 6) is -1.04. The van der Waals surface area contributed by atoms with Gasteiger partial charge in [0.25, 0.3) is 0 Å². The number of carboxylic acids is 1. The largest absolute Gasteiger partial charge is 0.481 e. The lowest BCUT2D eigenvalue weighted by Crippen LogP contribution is -2.26. The lowest BCUT2D eigenvalue weighted by molar-refractivity contribution is -0.143. The zero-order chi connectivity index (χ0) is 18.7. The van der Waals surface area contributed by atoms with Gasteiger partial charge in [0.15, 0.2) is 5.82 Å². The van der Waals surface area contributed by atoms with E-state index in [0.717, 1.165) is 16.5 Å². The molecule has 1 unspecified atom stereocenters. The molecule has 0 aliphatic carbocycles. The van der Waals surface area contributed by atoms with E-state index in [9.17, 15) is 9.90 Å². The molecule has 0 aliphatic rings. The number of hydrogen-bond acceptors (Lipinski definition) is 6. The van der Waals surface area contributed by atoms with Crippen molar-refractivity contribution in [2.45, 2.75) is 32.6 Å². The first-order valence-corrected chi connectivity index (χ1v) is 8.54. The minimum Gasteiger partial charge on any atom is -0.481 e. The van der Waals surface area contributed by atoms with E-state index in [4.69, 9.17) is 5.73 Å². The van der Waals surface area contributed by atoms with Crippen LogP contribution in [0.2, 0.25) is 0 Å². The van der Waals surface area contributed by atoms with Crippen LogP contribution in [0.15, 0.2) is 30.5 Å². The minimum absolute atomic E-state index is 0.245. The third kappa shape index (κ3) is 3.96. The molecule has 4 N–H and O–H groups in total. The van der Waals surface area contributed by atoms with E-state index in [1.807, 2.05) is 38.1 Å². The number of benzene rings is 1. The Kier molecular flexibility index (Phi) is 5.11. The van der Waals surface area contributed by atoms with Crippen LogP contribution in [0.4, 0.5) is 5.69 Å². The Hall–Kier alpha value is -3.03. The van der Waals surface area contributed by atoms with Crippen molar-refractivity contribution < 1.29 is 9.90 Å². The predicted octanol–water partition coefficient (Wildman–Crippen LogP) is 2.40. The molecule has 8 nitrogen and oxygen atoms in total. The zero-order valence-electron chi connectivity index (χ0n) is 14.8. The molecule has 0 saturated heterocycles. The number of tetrazole rings is 1. The van der Waals surface area contributed by atoms with Crippen LogP contribution < -0.4 is 5.73 Å². The SMILES string of the molecule is CC(C)C[C@H](C(=O)O)C(Cc1ccc2ncc(N)cc2c1)c1nnn[nH]1. The highest BCUT2D eigenvalue weighted by Crippen LogP contribution is 2.32. The van der Waals surface area contributed by atoms with Crippen molar-refractivity contribution in [2.75, 3.05) is 5.73 Å². The fourth-order valence-corrected chi connectivity index (χ4v) is 3.28. The Morgan fingerprint density at radius 3 is 2.77 bits per heavy atom. The normalized spacial score (nSPS) is 13.8. The number of aromatic nitrogens is 5. The van der Waals surface area contributed by atoms with E-state index in [1.165, 1.54) is 0 Å². The van der Waals surface area contributed by atoms with E-state index in [-0.39, 0.29) is 11.8 Å². The molecule has 0 spiro atoms. The van der Waals surface area contributed by atoms with Crippen molar-refractivity contribution >= 4 is 22.6 Å². The average molecular weight is 354 g/mol. The lowest BCUT2D eigenvalue weighted by Gasteiger charge is -2.23. The van der Waals surface area contributed by atoms with Crippen LogP contribution in [-0.4, -0.2) is 36.7 Å². The summed E-state index contributed by atoms with van der Waals surface area (Å²) in [5, 5.41) is 24.7. The van der Waals surface area contributed by atoms with Crippen molar-refractivity contribution in [1.82, 2.24) is 25.6 Å². The second-order valence-corrected chi connectivity index (χ2v) is 6.97. The van der Waals surface area contributed by atoms with Gasteiger partial charge in [0.05, 0.1) is 23.3 Å². The van der Waals surface area contributed by atoms with Gasteiger partial charge in [-0.25, -0.2) is 5.10 Å². The number of rotatable bonds is 7. The monoisotopic (exact) mass is 354 g/mol. The Bertz CT molecular complexity index is 894. The number of nitrogens with zero attached hydrogens (tertiary/aromatic N) is 4. The zero-order valence-corrected chi connectivity index (χ0v) is 14.8. The summed E-state index contributed by atoms with van der Waals surface area (Å²) in [7, 11) is 0. The van der Waals surface area contributed by atoms with E-state index >= 15 is 0 Å². The van der Waals surface area contributed by atoms with Crippen LogP contribution in [0.3, 0.4) is 0 Å². The smallest absolute Gasteiger partial charge is 0.307 e. The highest BCUT2D eigenvalue weighted by molar-refractivity contribution is 5.81. The first kappa shape index (κ1) is 17.8. The van der Waals surface area contributed by atoms with E-state index in [2.05, 4.69) is 25.6 Å². The van der Waals surface area contributed by atoms with E-state index in [0.29, 0.717) is 24.4 Å². The molecule has 3 aromatic rings. The second kappa shape index (κ2) is 7.47. The number of hydrogen-bond donors (Lipinski definition) is 3. The molecular weight excluding hydrogens is 332 g/mol. The average Bonchev–Trinajstić information content (AvgIpc) is 3.11. The maximum atomic E-state index is 11.9. The fourth-order valence-electron chi connectivity index (χ4n) is 3.28. The molecule has 8 heteroatoms. The topological polar surface area (TPSA) is 131 Å². The molecule has 26 heavy (non-hydrogen) atoms. The number of carbonyl (C=O) groups is 1. The second-order valence-electron chi connectivity index (χ2n) is 6.97. The maximum absolute atomic E-state index is 11.9. The van der Waals surface area contributed by atoms with Crippen LogP contribution >= 0.6 is 0 Å². The summed E-state index contributed by atoms with van der Waals surface area (Å²) < 4.78 is 0. The van der Waals surface area contributed by atoms with Crippen LogP contribution in [0, 0.1) is 11.8 Å². The molecule has 1 aromatic carbocycles. The Morgan fingerprint density at radius 2 is 2.12 bits per heavy atom. The first-order valence-electron chi connectivity index (χ1n) is 8.54. The number of nitrogens with one attached hydrogen (secondary N) is 1. The number of pyridine rings is 1. The van der Waals surface area contributed by atoms with E-state index in [1.54, 1.807) is 6.20 Å². The highest BCUT2D eigenvalue weighted by Gasteiger charge is 2.32. The van der Waals surface area contributed by atoms with Gasteiger partial charge in [-0.05, 0) is 52.9 Å². The highest BCUT2D eigenvalue weighted by atomic mass is 16.4. The lowest BCUT2D eigenvalue weighted by atomic mass is 9.81. The Morgan fingerprint density at radius 1 is 1.31 bits per heavy atom. The molecule has 0 bridgehead atoms. The molecule has 3 rings (SSSR count). The van der Waals surface area contributed by atoms with Crippen LogP contribution in [0.5, 0.6) is 0 Å². The quantitative estimate of drug-likeness (QED) is 0.593. The number of anilines is 1. The maximum Gasteiger partial charge on any atom is 0.307 e. The fraction of sp³-hybridized carbons (Fsp3) is 0.389. The van der Waals surface area contributed by atoms with Gasteiger partial charge in [0.1, 0.15) is 0 Å². The molecule has 0 aliphatic heterocycles. The van der Waals surface area contributed by atoms with Crippen molar-refractivity contribution in [2.24, 2.45) is 11.8 Å². The number of carboxylic acid groups (broad SMARTS) is 1. The van der Waals surface area contributed by atoms with Gasteiger partial charge in [0, 0.05) is 11.3 Å². The molecule has 0 amide bonds. The van der Waals surface area contributed by atoms with Crippen molar-refractivity contribution in [3.8, 4) is 0 Å². The number of nitrogens with two attached hydrogens (primary N) is 1. The Balaban J connectivity index is 1.96. The molecule has 0 fully saturated rings. The molecule has 2 aromatic heterocycles. The number of H-pyrrole nitrogens is 1. The van der Waals surface area contributed by atoms with Gasteiger partial charge < -0.3 is 10.8 Å². The predicted molar refractivity (Wildman–Crippen MR) is 97.4 cm³/mol. The summed E-state index contributed by atoms with van der Waals surface area (Å²) in [4.78, 5) is 16.2. The first-order chi connectivity index (χ1) is 12.4. The standard InChI is InChI=1S/C18H22N6O2/c1-10(2)5-15(18(25)26)14(17-21-23-24-22-17)7-11-3-4-16-12(6-11)8-13(19)9-20-16/h3-4,6,8-10,14-15H,5,7,19H2,1-2H3,(H,25,26)(H,21,22,23,24)/t14?,15-/m0/s1. The molecule has 2 atom stereocenters. The summed E-state index contributed by atoms with van der Waals surface area (Å²) in [5.41, 5.74) is 8.25. The number of fused-ring (bicyclic) bond motifs is 1. The van der Waals surface area contributed by atoms with Crippen molar-refractivity contribution in [3.63, 3.8) is 0 Å². The minimum atomic E-state index is -0.841. The van der Waals surface area contributed by atoms with Gasteiger partial charge in [0.2, 0.25) is 0 Å². The summed E-state index contributed by atoms with van der Waals surface area (Å²) in [6.45, 7) is 4.02. The molecule has 0 saturated carbocycles.